The van der Waals surface area contributed by atoms with E-state index in [1.165, 1.54) is 5.56 Å². The molecule has 0 saturated carbocycles. The Morgan fingerprint density at radius 1 is 0.970 bits per heavy atom. The molecule has 0 bridgehead atoms. The quantitative estimate of drug-likeness (QED) is 0.419. The van der Waals surface area contributed by atoms with Crippen molar-refractivity contribution in [1.29, 1.82) is 0 Å². The average Bonchev–Trinajstić information content (AvgIpc) is 2.77. The Morgan fingerprint density at radius 2 is 1.52 bits per heavy atom. The molecule has 1 aliphatic heterocycles. The van der Waals surface area contributed by atoms with Crippen molar-refractivity contribution < 1.29 is 9.22 Å². The van der Waals surface area contributed by atoms with Gasteiger partial charge in [-0.2, -0.15) is 0 Å². The van der Waals surface area contributed by atoms with Gasteiger partial charge in [-0.05, 0) is 68.5 Å². The first kappa shape index (κ1) is 26.0. The minimum Gasteiger partial charge on any atom is -0.413 e. The number of likely N-dealkylation sites (tertiary alicyclic amines) is 1. The van der Waals surface area contributed by atoms with E-state index in [9.17, 15) is 4.79 Å². The highest BCUT2D eigenvalue weighted by Gasteiger charge is 2.50. The van der Waals surface area contributed by atoms with E-state index in [1.807, 2.05) is 38.1 Å². The first-order chi connectivity index (χ1) is 15.4. The molecule has 1 aliphatic rings. The van der Waals surface area contributed by atoms with Crippen LogP contribution in [0.2, 0.25) is 18.1 Å². The van der Waals surface area contributed by atoms with Gasteiger partial charge in [0.25, 0.3) is 0 Å². The summed E-state index contributed by atoms with van der Waals surface area (Å²) < 4.78 is 6.74. The minimum atomic E-state index is -0.892. The van der Waals surface area contributed by atoms with E-state index in [2.05, 4.69) is 69.1 Å². The summed E-state index contributed by atoms with van der Waals surface area (Å²) >= 11 is 6.08. The van der Waals surface area contributed by atoms with Crippen molar-refractivity contribution in [2.45, 2.75) is 77.5 Å². The molecule has 0 aliphatic carbocycles. The molecule has 0 spiro atoms. The van der Waals surface area contributed by atoms with E-state index in [0.717, 1.165) is 31.5 Å². The molecule has 2 aromatic rings. The summed E-state index contributed by atoms with van der Waals surface area (Å²) in [5.41, 5.74) is 1.62. The van der Waals surface area contributed by atoms with Crippen molar-refractivity contribution in [2.24, 2.45) is 5.41 Å². The lowest BCUT2D eigenvalue weighted by Gasteiger charge is -2.52. The summed E-state index contributed by atoms with van der Waals surface area (Å²) in [6.45, 7) is 16.8. The first-order valence-electron chi connectivity index (χ1n) is 12.0. The summed E-state index contributed by atoms with van der Waals surface area (Å²) in [6, 6.07) is 18.5. The second kappa shape index (κ2) is 9.93. The smallest absolute Gasteiger partial charge is 0.232 e. The van der Waals surface area contributed by atoms with E-state index in [4.69, 9.17) is 16.0 Å². The fraction of sp³-hybridized carbons (Fsp3) is 0.536. The van der Waals surface area contributed by atoms with Crippen LogP contribution in [0.4, 0.5) is 0 Å². The molecule has 0 aromatic heterocycles. The van der Waals surface area contributed by atoms with Gasteiger partial charge >= 0.3 is 0 Å². The van der Waals surface area contributed by atoms with Crippen LogP contribution in [-0.4, -0.2) is 39.0 Å². The van der Waals surface area contributed by atoms with Crippen LogP contribution < -0.4 is 0 Å². The number of piperidine rings is 1. The summed E-state index contributed by atoms with van der Waals surface area (Å²) in [6.07, 6.45) is 1.89. The summed E-state index contributed by atoms with van der Waals surface area (Å²) in [7, 11) is -0.892. The number of carbonyl (C=O) groups is 1. The standard InChI is InChI=1S/C28H39ClNO2Si/c1-26(2,3)24(32-33(6)7)28(22-11-9-8-10-12-22)17-19-30(20-18-28)25(31)27(4,5)21-13-15-23(29)16-14-21/h8-16,24H,17-20H2,1-7H3. The first-order valence-corrected chi connectivity index (χ1v) is 14.7. The van der Waals surface area contributed by atoms with Crippen molar-refractivity contribution >= 4 is 26.5 Å². The molecule has 5 heteroatoms. The zero-order chi connectivity index (χ0) is 24.4. The van der Waals surface area contributed by atoms with E-state index < -0.39 is 14.5 Å². The maximum absolute atomic E-state index is 13.7. The molecule has 33 heavy (non-hydrogen) atoms. The van der Waals surface area contributed by atoms with Crippen LogP contribution in [0.3, 0.4) is 0 Å². The van der Waals surface area contributed by atoms with Gasteiger partial charge in [-0.3, -0.25) is 4.79 Å². The topological polar surface area (TPSA) is 29.5 Å². The number of rotatable bonds is 6. The number of carbonyl (C=O) groups excluding carboxylic acids is 1. The third-order valence-corrected chi connectivity index (χ3v) is 7.99. The van der Waals surface area contributed by atoms with Gasteiger partial charge in [0.1, 0.15) is 0 Å². The number of amides is 1. The monoisotopic (exact) mass is 484 g/mol. The van der Waals surface area contributed by atoms with Gasteiger partial charge in [0.15, 0.2) is 0 Å². The Bertz CT molecular complexity index is 927. The van der Waals surface area contributed by atoms with Gasteiger partial charge in [-0.1, -0.05) is 74.8 Å². The highest BCUT2D eigenvalue weighted by atomic mass is 35.5. The normalized spacial score (nSPS) is 17.8. The SMILES string of the molecule is C[Si](C)OC(C(C)(C)C)C1(c2ccccc2)CCN(C(=O)C(C)(C)c2ccc(Cl)cc2)CC1. The van der Waals surface area contributed by atoms with Crippen molar-refractivity contribution in [2.75, 3.05) is 13.1 Å². The molecule has 1 atom stereocenters. The Hall–Kier alpha value is -1.62. The van der Waals surface area contributed by atoms with Gasteiger partial charge in [0, 0.05) is 23.5 Å². The summed E-state index contributed by atoms with van der Waals surface area (Å²) in [5.74, 6) is 0.176. The van der Waals surface area contributed by atoms with Crippen molar-refractivity contribution in [3.63, 3.8) is 0 Å². The summed E-state index contributed by atoms with van der Waals surface area (Å²) in [4.78, 5) is 15.7. The lowest BCUT2D eigenvalue weighted by atomic mass is 9.62. The number of benzene rings is 2. The van der Waals surface area contributed by atoms with Crippen LogP contribution in [-0.2, 0) is 20.1 Å². The minimum absolute atomic E-state index is 0.00741. The Labute approximate surface area is 207 Å². The van der Waals surface area contributed by atoms with Crippen molar-refractivity contribution in [3.8, 4) is 0 Å². The highest BCUT2D eigenvalue weighted by molar-refractivity contribution is 6.48. The molecule has 2 aromatic carbocycles. The molecule has 1 amide bonds. The zero-order valence-electron chi connectivity index (χ0n) is 21.2. The van der Waals surface area contributed by atoms with Crippen molar-refractivity contribution in [1.82, 2.24) is 4.90 Å². The lowest BCUT2D eigenvalue weighted by Crippen LogP contribution is -2.57. The third kappa shape index (κ3) is 5.55. The van der Waals surface area contributed by atoms with Crippen LogP contribution in [0, 0.1) is 5.41 Å². The molecule has 1 saturated heterocycles. The second-order valence-electron chi connectivity index (χ2n) is 11.2. The van der Waals surface area contributed by atoms with Crippen LogP contribution >= 0.6 is 11.6 Å². The Kier molecular flexibility index (Phi) is 7.82. The fourth-order valence-corrected chi connectivity index (χ4v) is 6.50. The molecule has 0 N–H and O–H groups in total. The largest absolute Gasteiger partial charge is 0.413 e. The van der Waals surface area contributed by atoms with Crippen LogP contribution in [0.1, 0.15) is 58.6 Å². The number of hydrogen-bond acceptors (Lipinski definition) is 2. The summed E-state index contributed by atoms with van der Waals surface area (Å²) in [5, 5.41) is 0.689. The van der Waals surface area contributed by atoms with Gasteiger partial charge in [0.2, 0.25) is 14.9 Å². The highest BCUT2D eigenvalue weighted by Crippen LogP contribution is 2.47. The van der Waals surface area contributed by atoms with Crippen LogP contribution in [0.15, 0.2) is 54.6 Å². The Morgan fingerprint density at radius 3 is 2.00 bits per heavy atom. The van der Waals surface area contributed by atoms with Gasteiger partial charge < -0.3 is 9.33 Å². The molecular weight excluding hydrogens is 446 g/mol. The van der Waals surface area contributed by atoms with Gasteiger partial charge in [0.05, 0.1) is 11.5 Å². The van der Waals surface area contributed by atoms with Crippen molar-refractivity contribution in [3.05, 3.63) is 70.7 Å². The molecule has 1 fully saturated rings. The van der Waals surface area contributed by atoms with Crippen LogP contribution in [0.25, 0.3) is 0 Å². The molecule has 179 valence electrons. The van der Waals surface area contributed by atoms with E-state index in [0.29, 0.717) is 5.02 Å². The van der Waals surface area contributed by atoms with E-state index >= 15 is 0 Å². The third-order valence-electron chi connectivity index (χ3n) is 7.03. The maximum atomic E-state index is 13.7. The fourth-order valence-electron chi connectivity index (χ4n) is 5.32. The average molecular weight is 485 g/mol. The molecular formula is C28H39ClNO2Si. The molecule has 1 unspecified atom stereocenters. The van der Waals surface area contributed by atoms with E-state index in [1.54, 1.807) is 0 Å². The molecule has 1 heterocycles. The van der Waals surface area contributed by atoms with E-state index in [-0.39, 0.29) is 22.8 Å². The predicted octanol–water partition coefficient (Wildman–Crippen LogP) is 6.86. The second-order valence-corrected chi connectivity index (χ2v) is 13.7. The number of hydrogen-bond donors (Lipinski definition) is 0. The molecule has 3 nitrogen and oxygen atoms in total. The number of nitrogens with zero attached hydrogens (tertiary/aromatic N) is 1. The number of halogens is 1. The van der Waals surface area contributed by atoms with Gasteiger partial charge in [-0.25, -0.2) is 0 Å². The molecule has 1 radical (unpaired) electrons. The maximum Gasteiger partial charge on any atom is 0.232 e. The lowest BCUT2D eigenvalue weighted by molar-refractivity contribution is -0.139. The van der Waals surface area contributed by atoms with Gasteiger partial charge in [-0.15, -0.1) is 0 Å². The zero-order valence-corrected chi connectivity index (χ0v) is 23.0. The predicted molar refractivity (Wildman–Crippen MR) is 140 cm³/mol. The Balaban J connectivity index is 1.90. The van der Waals surface area contributed by atoms with Crippen LogP contribution in [0.5, 0.6) is 0 Å². The molecule has 3 rings (SSSR count).